The number of hydrogen-bond donors (Lipinski definition) is 2. The molecule has 2 fully saturated rings. The van der Waals surface area contributed by atoms with Crippen LogP contribution in [0.2, 0.25) is 0 Å². The first-order valence-electron chi connectivity index (χ1n) is 5.88. The van der Waals surface area contributed by atoms with Gasteiger partial charge in [-0.1, -0.05) is 0 Å². The summed E-state index contributed by atoms with van der Waals surface area (Å²) in [7, 11) is -3.22. The van der Waals surface area contributed by atoms with E-state index in [1.807, 2.05) is 0 Å². The zero-order valence-electron chi connectivity index (χ0n) is 9.48. The molecule has 2 rings (SSSR count). The molecule has 0 unspecified atom stereocenters. The van der Waals surface area contributed by atoms with E-state index in [9.17, 15) is 8.42 Å². The third-order valence-corrected chi connectivity index (χ3v) is 5.06. The SMILES string of the molecule is O=S(=O)(N1CCCNCC1)N1CCNCC1. The second kappa shape index (κ2) is 5.42. The second-order valence-corrected chi connectivity index (χ2v) is 6.09. The molecule has 0 atom stereocenters. The topological polar surface area (TPSA) is 64.7 Å². The van der Waals surface area contributed by atoms with Crippen LogP contribution in [0.4, 0.5) is 0 Å². The summed E-state index contributed by atoms with van der Waals surface area (Å²) in [6.45, 7) is 5.58. The Labute approximate surface area is 97.2 Å². The molecule has 2 aliphatic rings. The summed E-state index contributed by atoms with van der Waals surface area (Å²) in [5, 5.41) is 6.38. The van der Waals surface area contributed by atoms with Crippen molar-refractivity contribution in [3.63, 3.8) is 0 Å². The van der Waals surface area contributed by atoms with Gasteiger partial charge in [-0.05, 0) is 13.0 Å². The normalized spacial score (nSPS) is 26.5. The minimum absolute atomic E-state index is 0.590. The monoisotopic (exact) mass is 248 g/mol. The molecule has 2 N–H and O–H groups in total. The van der Waals surface area contributed by atoms with Crippen LogP contribution in [-0.4, -0.2) is 69.4 Å². The Hall–Kier alpha value is -0.210. The van der Waals surface area contributed by atoms with Gasteiger partial charge < -0.3 is 10.6 Å². The van der Waals surface area contributed by atoms with Crippen molar-refractivity contribution >= 4 is 10.2 Å². The first-order chi connectivity index (χ1) is 7.71. The molecule has 6 nitrogen and oxygen atoms in total. The molecule has 16 heavy (non-hydrogen) atoms. The van der Waals surface area contributed by atoms with E-state index >= 15 is 0 Å². The first-order valence-corrected chi connectivity index (χ1v) is 7.27. The molecule has 0 aromatic heterocycles. The van der Waals surface area contributed by atoms with Gasteiger partial charge in [0, 0.05) is 45.8 Å². The molecule has 0 saturated carbocycles. The quantitative estimate of drug-likeness (QED) is 0.620. The average Bonchev–Trinajstić information content (AvgIpc) is 2.59. The van der Waals surface area contributed by atoms with Crippen molar-refractivity contribution in [2.24, 2.45) is 0 Å². The fraction of sp³-hybridized carbons (Fsp3) is 1.00. The minimum atomic E-state index is -3.22. The molecular weight excluding hydrogens is 228 g/mol. The van der Waals surface area contributed by atoms with Gasteiger partial charge in [-0.25, -0.2) is 0 Å². The van der Waals surface area contributed by atoms with E-state index in [1.54, 1.807) is 8.61 Å². The smallest absolute Gasteiger partial charge is 0.282 e. The van der Waals surface area contributed by atoms with Crippen LogP contribution in [0.3, 0.4) is 0 Å². The Balaban J connectivity index is 2.03. The van der Waals surface area contributed by atoms with E-state index < -0.39 is 10.2 Å². The van der Waals surface area contributed by atoms with Gasteiger partial charge in [0.15, 0.2) is 0 Å². The fourth-order valence-corrected chi connectivity index (χ4v) is 3.74. The number of nitrogens with one attached hydrogen (secondary N) is 2. The van der Waals surface area contributed by atoms with Gasteiger partial charge in [0.05, 0.1) is 0 Å². The van der Waals surface area contributed by atoms with Crippen molar-refractivity contribution in [3.8, 4) is 0 Å². The standard InChI is InChI=1S/C9H20N4O2S/c14-16(15,13-8-4-11-5-9-13)12-6-1-2-10-3-7-12/h10-11H,1-9H2. The van der Waals surface area contributed by atoms with Crippen LogP contribution in [0, 0.1) is 0 Å². The molecule has 0 spiro atoms. The summed E-state index contributed by atoms with van der Waals surface area (Å²) in [6, 6.07) is 0. The lowest BCUT2D eigenvalue weighted by molar-refractivity contribution is 0.316. The lowest BCUT2D eigenvalue weighted by Gasteiger charge is -2.31. The highest BCUT2D eigenvalue weighted by molar-refractivity contribution is 7.86. The second-order valence-electron chi connectivity index (χ2n) is 4.16. The lowest BCUT2D eigenvalue weighted by atomic mass is 10.4. The number of hydrogen-bond acceptors (Lipinski definition) is 4. The predicted octanol–water partition coefficient (Wildman–Crippen LogP) is -1.57. The molecule has 0 aromatic rings. The molecule has 0 bridgehead atoms. The first kappa shape index (κ1) is 12.3. The maximum Gasteiger partial charge on any atom is 0.282 e. The van der Waals surface area contributed by atoms with Crippen LogP contribution < -0.4 is 10.6 Å². The van der Waals surface area contributed by atoms with E-state index in [-0.39, 0.29) is 0 Å². The molecule has 2 saturated heterocycles. The van der Waals surface area contributed by atoms with Crippen LogP contribution >= 0.6 is 0 Å². The minimum Gasteiger partial charge on any atom is -0.315 e. The maximum absolute atomic E-state index is 12.3. The third kappa shape index (κ3) is 2.72. The highest BCUT2D eigenvalue weighted by Gasteiger charge is 2.30. The molecule has 0 aromatic carbocycles. The van der Waals surface area contributed by atoms with Gasteiger partial charge in [-0.3, -0.25) is 0 Å². The van der Waals surface area contributed by atoms with Crippen LogP contribution in [0.15, 0.2) is 0 Å². The summed E-state index contributed by atoms with van der Waals surface area (Å²) in [5.41, 5.74) is 0. The van der Waals surface area contributed by atoms with Gasteiger partial charge in [0.1, 0.15) is 0 Å². The Bertz CT molecular complexity index is 305. The molecule has 0 aliphatic carbocycles. The molecule has 0 amide bonds. The summed E-state index contributed by atoms with van der Waals surface area (Å²) in [4.78, 5) is 0. The number of rotatable bonds is 2. The molecule has 7 heteroatoms. The predicted molar refractivity (Wildman–Crippen MR) is 62.4 cm³/mol. The molecule has 2 heterocycles. The van der Waals surface area contributed by atoms with Crippen LogP contribution in [0.5, 0.6) is 0 Å². The third-order valence-electron chi connectivity index (χ3n) is 3.03. The Morgan fingerprint density at radius 3 is 1.88 bits per heavy atom. The number of nitrogens with zero attached hydrogens (tertiary/aromatic N) is 2. The van der Waals surface area contributed by atoms with Gasteiger partial charge in [-0.15, -0.1) is 0 Å². The van der Waals surface area contributed by atoms with Gasteiger partial charge >= 0.3 is 0 Å². The van der Waals surface area contributed by atoms with Crippen molar-refractivity contribution in [1.29, 1.82) is 0 Å². The van der Waals surface area contributed by atoms with E-state index in [0.29, 0.717) is 26.2 Å². The Kier molecular flexibility index (Phi) is 4.15. The van der Waals surface area contributed by atoms with Crippen molar-refractivity contribution in [2.45, 2.75) is 6.42 Å². The van der Waals surface area contributed by atoms with Gasteiger partial charge in [0.25, 0.3) is 10.2 Å². The Morgan fingerprint density at radius 2 is 1.25 bits per heavy atom. The number of piperazine rings is 1. The summed E-state index contributed by atoms with van der Waals surface area (Å²) < 4.78 is 27.8. The highest BCUT2D eigenvalue weighted by atomic mass is 32.2. The van der Waals surface area contributed by atoms with E-state index in [2.05, 4.69) is 10.6 Å². The van der Waals surface area contributed by atoms with Crippen LogP contribution in [0.1, 0.15) is 6.42 Å². The largest absolute Gasteiger partial charge is 0.315 e. The van der Waals surface area contributed by atoms with Gasteiger partial charge in [-0.2, -0.15) is 17.0 Å². The molecule has 94 valence electrons. The van der Waals surface area contributed by atoms with Crippen molar-refractivity contribution in [3.05, 3.63) is 0 Å². The molecular formula is C9H20N4O2S. The van der Waals surface area contributed by atoms with Crippen molar-refractivity contribution < 1.29 is 8.42 Å². The van der Waals surface area contributed by atoms with Crippen molar-refractivity contribution in [1.82, 2.24) is 19.2 Å². The fourth-order valence-electron chi connectivity index (χ4n) is 2.09. The zero-order valence-corrected chi connectivity index (χ0v) is 10.3. The summed E-state index contributed by atoms with van der Waals surface area (Å²) >= 11 is 0. The Morgan fingerprint density at radius 1 is 0.750 bits per heavy atom. The highest BCUT2D eigenvalue weighted by Crippen LogP contribution is 2.10. The lowest BCUT2D eigenvalue weighted by Crippen LogP contribution is -2.52. The van der Waals surface area contributed by atoms with Crippen LogP contribution in [0.25, 0.3) is 0 Å². The molecule has 0 radical (unpaired) electrons. The maximum atomic E-state index is 12.3. The summed E-state index contributed by atoms with van der Waals surface area (Å²) in [6.07, 6.45) is 0.894. The van der Waals surface area contributed by atoms with Crippen LogP contribution in [-0.2, 0) is 10.2 Å². The van der Waals surface area contributed by atoms with E-state index in [1.165, 1.54) is 0 Å². The average molecular weight is 248 g/mol. The van der Waals surface area contributed by atoms with Gasteiger partial charge in [0.2, 0.25) is 0 Å². The van der Waals surface area contributed by atoms with Crippen molar-refractivity contribution in [2.75, 3.05) is 52.4 Å². The molecule has 2 aliphatic heterocycles. The van der Waals surface area contributed by atoms with E-state index in [4.69, 9.17) is 0 Å². The van der Waals surface area contributed by atoms with E-state index in [0.717, 1.165) is 32.6 Å². The zero-order chi connectivity index (χ0) is 11.4. The summed E-state index contributed by atoms with van der Waals surface area (Å²) in [5.74, 6) is 0.